The summed E-state index contributed by atoms with van der Waals surface area (Å²) in [4.78, 5) is 27.0. The van der Waals surface area contributed by atoms with Gasteiger partial charge in [0.05, 0.1) is 31.5 Å². The van der Waals surface area contributed by atoms with Crippen molar-refractivity contribution in [1.29, 1.82) is 0 Å². The van der Waals surface area contributed by atoms with Crippen molar-refractivity contribution >= 4 is 11.8 Å². The molecule has 1 aromatic rings. The number of nitrogens with zero attached hydrogens (tertiary/aromatic N) is 2. The Balaban J connectivity index is 1.92. The van der Waals surface area contributed by atoms with Crippen LogP contribution in [0.1, 0.15) is 12.2 Å². The second kappa shape index (κ2) is 6.73. The third kappa shape index (κ3) is 3.83. The number of ether oxygens (including phenoxy) is 1. The monoisotopic (exact) mass is 295 g/mol. The van der Waals surface area contributed by atoms with Gasteiger partial charge in [-0.05, 0) is 18.6 Å². The number of likely N-dealkylation sites (N-methyl/N-ethyl adjacent to an activating group) is 1. The Hall–Kier alpha value is -1.86. The van der Waals surface area contributed by atoms with Crippen molar-refractivity contribution in [2.45, 2.75) is 25.1 Å². The second-order valence-electron chi connectivity index (χ2n) is 5.27. The van der Waals surface area contributed by atoms with Crippen molar-refractivity contribution in [3.8, 4) is 0 Å². The Morgan fingerprint density at radius 1 is 1.57 bits per heavy atom. The molecule has 2 rings (SSSR count). The minimum absolute atomic E-state index is 0.0642. The zero-order chi connectivity index (χ0) is 15.4. The molecule has 0 unspecified atom stereocenters. The summed E-state index contributed by atoms with van der Waals surface area (Å²) in [6.07, 6.45) is 2.03. The molecule has 0 saturated carbocycles. The molecule has 7 nitrogen and oxygen atoms in total. The van der Waals surface area contributed by atoms with Crippen LogP contribution in [0.3, 0.4) is 0 Å². The van der Waals surface area contributed by atoms with Crippen LogP contribution >= 0.6 is 0 Å². The van der Waals surface area contributed by atoms with E-state index in [0.29, 0.717) is 25.3 Å². The first kappa shape index (κ1) is 15.5. The highest BCUT2D eigenvalue weighted by atomic mass is 16.5. The number of amides is 2. The fraction of sp³-hybridized carbons (Fsp3) is 0.571. The first-order valence-corrected chi connectivity index (χ1v) is 6.83. The second-order valence-corrected chi connectivity index (χ2v) is 5.27. The zero-order valence-corrected chi connectivity index (χ0v) is 12.3. The maximum Gasteiger partial charge on any atom is 0.236 e. The molecule has 1 aliphatic heterocycles. The smallest absolute Gasteiger partial charge is 0.236 e. The first-order valence-electron chi connectivity index (χ1n) is 6.83. The van der Waals surface area contributed by atoms with E-state index >= 15 is 0 Å². The van der Waals surface area contributed by atoms with Crippen LogP contribution in [-0.4, -0.2) is 61.0 Å². The number of hydrogen-bond donors (Lipinski definition) is 1. The molecule has 1 fully saturated rings. The topological polar surface area (TPSA) is 89.0 Å². The van der Waals surface area contributed by atoms with Crippen molar-refractivity contribution in [2.75, 3.05) is 27.2 Å². The normalized spacial score (nSPS) is 22.4. The number of likely N-dealkylation sites (tertiary alicyclic amines) is 1. The van der Waals surface area contributed by atoms with Crippen molar-refractivity contribution in [2.24, 2.45) is 5.73 Å². The van der Waals surface area contributed by atoms with Gasteiger partial charge < -0.3 is 19.8 Å². The predicted octanol–water partition coefficient (Wildman–Crippen LogP) is -0.187. The molecule has 1 saturated heterocycles. The van der Waals surface area contributed by atoms with Crippen LogP contribution in [0.2, 0.25) is 0 Å². The van der Waals surface area contributed by atoms with Gasteiger partial charge in [-0.2, -0.15) is 0 Å². The molecule has 2 heterocycles. The Morgan fingerprint density at radius 2 is 2.33 bits per heavy atom. The summed E-state index contributed by atoms with van der Waals surface area (Å²) in [7, 11) is 3.30. The molecule has 0 radical (unpaired) electrons. The minimum Gasteiger partial charge on any atom is -0.467 e. The highest BCUT2D eigenvalue weighted by Gasteiger charge is 2.37. The van der Waals surface area contributed by atoms with Gasteiger partial charge in [0.1, 0.15) is 5.76 Å². The van der Waals surface area contributed by atoms with E-state index in [4.69, 9.17) is 14.9 Å². The van der Waals surface area contributed by atoms with Crippen LogP contribution in [0.5, 0.6) is 0 Å². The summed E-state index contributed by atoms with van der Waals surface area (Å²) >= 11 is 0. The van der Waals surface area contributed by atoms with Gasteiger partial charge in [-0.3, -0.25) is 14.5 Å². The molecule has 1 aliphatic rings. The summed E-state index contributed by atoms with van der Waals surface area (Å²) in [5.41, 5.74) is 5.39. The van der Waals surface area contributed by atoms with Gasteiger partial charge in [0.15, 0.2) is 0 Å². The van der Waals surface area contributed by atoms with E-state index in [0.717, 1.165) is 0 Å². The fourth-order valence-electron chi connectivity index (χ4n) is 2.52. The quantitative estimate of drug-likeness (QED) is 0.786. The number of carbonyl (C=O) groups is 2. The standard InChI is InChI=1S/C14H21N3O4/c1-16(7-10-4-3-5-21-10)13(18)9-17-8-11(20-2)6-12(17)14(15)19/h3-5,11-12H,6-9H2,1-2H3,(H2,15,19)/t11-,12-/m0/s1. The first-order chi connectivity index (χ1) is 10.0. The van der Waals surface area contributed by atoms with Gasteiger partial charge in [0, 0.05) is 20.7 Å². The summed E-state index contributed by atoms with van der Waals surface area (Å²) in [5, 5.41) is 0. The maximum atomic E-state index is 12.2. The summed E-state index contributed by atoms with van der Waals surface area (Å²) in [5.74, 6) is 0.207. The average Bonchev–Trinajstić information content (AvgIpc) is 3.07. The van der Waals surface area contributed by atoms with Crippen LogP contribution in [0.4, 0.5) is 0 Å². The Bertz CT molecular complexity index is 488. The predicted molar refractivity (Wildman–Crippen MR) is 75.2 cm³/mol. The van der Waals surface area contributed by atoms with Gasteiger partial charge in [0.25, 0.3) is 0 Å². The molecule has 21 heavy (non-hydrogen) atoms. The number of primary amides is 1. The molecular weight excluding hydrogens is 274 g/mol. The SMILES string of the molecule is CO[C@H]1C[C@@H](C(N)=O)N(CC(=O)N(C)Cc2ccco2)C1. The lowest BCUT2D eigenvalue weighted by Gasteiger charge is -2.24. The molecule has 1 aromatic heterocycles. The maximum absolute atomic E-state index is 12.2. The largest absolute Gasteiger partial charge is 0.467 e. The van der Waals surface area contributed by atoms with Crippen LogP contribution in [0.25, 0.3) is 0 Å². The lowest BCUT2D eigenvalue weighted by Crippen LogP contribution is -2.45. The highest BCUT2D eigenvalue weighted by molar-refractivity contribution is 5.82. The van der Waals surface area contributed by atoms with Crippen molar-refractivity contribution < 1.29 is 18.7 Å². The van der Waals surface area contributed by atoms with E-state index in [2.05, 4.69) is 0 Å². The summed E-state index contributed by atoms with van der Waals surface area (Å²) < 4.78 is 10.5. The van der Waals surface area contributed by atoms with E-state index in [1.807, 2.05) is 6.07 Å². The third-order valence-electron chi connectivity index (χ3n) is 3.76. The molecule has 0 aliphatic carbocycles. The third-order valence-corrected chi connectivity index (χ3v) is 3.76. The Kier molecular flexibility index (Phi) is 4.98. The molecule has 2 atom stereocenters. The molecule has 2 amide bonds. The minimum atomic E-state index is -0.448. The highest BCUT2D eigenvalue weighted by Crippen LogP contribution is 2.19. The van der Waals surface area contributed by atoms with Crippen LogP contribution in [-0.2, 0) is 20.9 Å². The summed E-state index contributed by atoms with van der Waals surface area (Å²) in [6.45, 7) is 1.07. The van der Waals surface area contributed by atoms with Crippen molar-refractivity contribution in [1.82, 2.24) is 9.80 Å². The van der Waals surface area contributed by atoms with E-state index in [1.54, 1.807) is 36.3 Å². The number of methoxy groups -OCH3 is 1. The van der Waals surface area contributed by atoms with E-state index in [9.17, 15) is 9.59 Å². The van der Waals surface area contributed by atoms with Gasteiger partial charge >= 0.3 is 0 Å². The molecule has 7 heteroatoms. The van der Waals surface area contributed by atoms with Crippen molar-refractivity contribution in [3.63, 3.8) is 0 Å². The lowest BCUT2D eigenvalue weighted by atomic mass is 10.2. The van der Waals surface area contributed by atoms with Crippen LogP contribution < -0.4 is 5.73 Å². The zero-order valence-electron chi connectivity index (χ0n) is 12.3. The molecule has 2 N–H and O–H groups in total. The van der Waals surface area contributed by atoms with E-state index < -0.39 is 11.9 Å². The van der Waals surface area contributed by atoms with Gasteiger partial charge in [-0.1, -0.05) is 0 Å². The number of hydrogen-bond acceptors (Lipinski definition) is 5. The van der Waals surface area contributed by atoms with Gasteiger partial charge in [-0.15, -0.1) is 0 Å². The van der Waals surface area contributed by atoms with E-state index in [1.165, 1.54) is 0 Å². The number of rotatable bonds is 6. The molecule has 116 valence electrons. The number of furan rings is 1. The number of nitrogens with two attached hydrogens (primary N) is 1. The fourth-order valence-corrected chi connectivity index (χ4v) is 2.52. The molecule has 0 spiro atoms. The van der Waals surface area contributed by atoms with Crippen LogP contribution in [0.15, 0.2) is 22.8 Å². The molecule has 0 aromatic carbocycles. The van der Waals surface area contributed by atoms with Gasteiger partial charge in [-0.25, -0.2) is 0 Å². The molecule has 0 bridgehead atoms. The summed E-state index contributed by atoms with van der Waals surface area (Å²) in [6, 6.07) is 3.14. The molecular formula is C14H21N3O4. The van der Waals surface area contributed by atoms with Gasteiger partial charge in [0.2, 0.25) is 11.8 Å². The Morgan fingerprint density at radius 3 is 2.90 bits per heavy atom. The van der Waals surface area contributed by atoms with Crippen molar-refractivity contribution in [3.05, 3.63) is 24.2 Å². The Labute approximate surface area is 123 Å². The lowest BCUT2D eigenvalue weighted by molar-refractivity contribution is -0.133. The number of carbonyl (C=O) groups excluding carboxylic acids is 2. The average molecular weight is 295 g/mol. The van der Waals surface area contributed by atoms with E-state index in [-0.39, 0.29) is 18.6 Å². The van der Waals surface area contributed by atoms with Crippen LogP contribution in [0, 0.1) is 0 Å².